The van der Waals surface area contributed by atoms with Gasteiger partial charge in [0, 0.05) is 19.3 Å². The fourth-order valence-corrected chi connectivity index (χ4v) is 9.52. The SMILES string of the molecule is CCCCCCCCCCCCCCCCCCCCC(=O)OC[C@H](COC(=O)CCCCCCCCCCCCCCCCCCCCC(C)CC)OC(=O)CCCCCCCCC(C)CC. The van der Waals surface area contributed by atoms with Crippen LogP contribution in [0.3, 0.4) is 0 Å². The molecule has 0 aliphatic rings. The van der Waals surface area contributed by atoms with Crippen molar-refractivity contribution in [1.82, 2.24) is 0 Å². The summed E-state index contributed by atoms with van der Waals surface area (Å²) in [6, 6.07) is 0. The van der Waals surface area contributed by atoms with Crippen molar-refractivity contribution in [3.63, 3.8) is 0 Å². The highest BCUT2D eigenvalue weighted by Gasteiger charge is 2.19. The number of unbranched alkanes of at least 4 members (excludes halogenated alkanes) is 39. The average Bonchev–Trinajstić information content (AvgIpc) is 3.34. The number of hydrogen-bond donors (Lipinski definition) is 0. The van der Waals surface area contributed by atoms with Gasteiger partial charge in [0.1, 0.15) is 13.2 Å². The molecular formula is C62H120O6. The van der Waals surface area contributed by atoms with Crippen molar-refractivity contribution in [2.75, 3.05) is 13.2 Å². The lowest BCUT2D eigenvalue weighted by atomic mass is 9.99. The molecule has 404 valence electrons. The Morgan fingerprint density at radius 2 is 0.515 bits per heavy atom. The quantitative estimate of drug-likeness (QED) is 0.0343. The highest BCUT2D eigenvalue weighted by atomic mass is 16.6. The summed E-state index contributed by atoms with van der Waals surface area (Å²) in [7, 11) is 0. The van der Waals surface area contributed by atoms with Gasteiger partial charge in [0.05, 0.1) is 0 Å². The van der Waals surface area contributed by atoms with Crippen LogP contribution in [0, 0.1) is 11.8 Å². The second kappa shape index (κ2) is 54.7. The van der Waals surface area contributed by atoms with Gasteiger partial charge in [-0.1, -0.05) is 311 Å². The van der Waals surface area contributed by atoms with Gasteiger partial charge in [-0.3, -0.25) is 14.4 Å². The van der Waals surface area contributed by atoms with Gasteiger partial charge in [-0.05, 0) is 31.1 Å². The van der Waals surface area contributed by atoms with Crippen LogP contribution in [-0.4, -0.2) is 37.2 Å². The standard InChI is InChI=1S/C62H120O6/c1-6-9-10-11-12-13-14-15-16-17-21-24-27-30-33-36-42-47-52-60(63)66-55-59(68-62(65)54-49-44-39-38-41-46-51-58(5)8-3)56-67-61(64)53-48-43-37-34-31-28-25-22-19-18-20-23-26-29-32-35-40-45-50-57(4)7-2/h57-59H,6-56H2,1-5H3/t57?,58?,59-/m1/s1. The largest absolute Gasteiger partial charge is 0.462 e. The molecule has 0 bridgehead atoms. The third-order valence-electron chi connectivity index (χ3n) is 14.9. The van der Waals surface area contributed by atoms with Crippen LogP contribution in [0.4, 0.5) is 0 Å². The summed E-state index contributed by atoms with van der Waals surface area (Å²) in [5.41, 5.74) is 0. The molecule has 6 heteroatoms. The Morgan fingerprint density at radius 3 is 0.765 bits per heavy atom. The lowest BCUT2D eigenvalue weighted by molar-refractivity contribution is -0.167. The second-order valence-corrected chi connectivity index (χ2v) is 21.8. The predicted molar refractivity (Wildman–Crippen MR) is 293 cm³/mol. The van der Waals surface area contributed by atoms with E-state index in [4.69, 9.17) is 14.2 Å². The van der Waals surface area contributed by atoms with Gasteiger partial charge < -0.3 is 14.2 Å². The van der Waals surface area contributed by atoms with Gasteiger partial charge in [-0.25, -0.2) is 0 Å². The summed E-state index contributed by atoms with van der Waals surface area (Å²) < 4.78 is 16.9. The summed E-state index contributed by atoms with van der Waals surface area (Å²) >= 11 is 0. The highest BCUT2D eigenvalue weighted by Crippen LogP contribution is 2.19. The molecule has 0 N–H and O–H groups in total. The van der Waals surface area contributed by atoms with Gasteiger partial charge in [-0.15, -0.1) is 0 Å². The van der Waals surface area contributed by atoms with Crippen molar-refractivity contribution in [3.8, 4) is 0 Å². The smallest absolute Gasteiger partial charge is 0.306 e. The summed E-state index contributed by atoms with van der Waals surface area (Å²) in [5.74, 6) is 0.879. The Morgan fingerprint density at radius 1 is 0.294 bits per heavy atom. The van der Waals surface area contributed by atoms with E-state index in [1.807, 2.05) is 0 Å². The number of ether oxygens (including phenoxy) is 3. The maximum Gasteiger partial charge on any atom is 0.306 e. The molecule has 0 aromatic heterocycles. The van der Waals surface area contributed by atoms with Crippen molar-refractivity contribution in [3.05, 3.63) is 0 Å². The van der Waals surface area contributed by atoms with E-state index in [9.17, 15) is 14.4 Å². The molecule has 0 aliphatic carbocycles. The average molecular weight is 962 g/mol. The van der Waals surface area contributed by atoms with Crippen LogP contribution >= 0.6 is 0 Å². The fraction of sp³-hybridized carbons (Fsp3) is 0.952. The monoisotopic (exact) mass is 961 g/mol. The number of carbonyl (C=O) groups excluding carboxylic acids is 3. The molecule has 0 amide bonds. The topological polar surface area (TPSA) is 78.9 Å². The minimum atomic E-state index is -0.764. The van der Waals surface area contributed by atoms with E-state index in [1.54, 1.807) is 0 Å². The Labute approximate surface area is 425 Å². The molecule has 0 aromatic carbocycles. The van der Waals surface area contributed by atoms with E-state index < -0.39 is 6.10 Å². The second-order valence-electron chi connectivity index (χ2n) is 21.8. The first-order valence-electron chi connectivity index (χ1n) is 30.8. The minimum Gasteiger partial charge on any atom is -0.462 e. The van der Waals surface area contributed by atoms with Crippen molar-refractivity contribution in [1.29, 1.82) is 0 Å². The molecule has 0 aliphatic heterocycles. The zero-order valence-corrected chi connectivity index (χ0v) is 46.7. The molecule has 2 unspecified atom stereocenters. The third-order valence-corrected chi connectivity index (χ3v) is 14.9. The number of rotatable bonds is 56. The van der Waals surface area contributed by atoms with Crippen LogP contribution in [0.2, 0.25) is 0 Å². The van der Waals surface area contributed by atoms with Crippen LogP contribution in [-0.2, 0) is 28.6 Å². The van der Waals surface area contributed by atoms with E-state index in [0.29, 0.717) is 19.3 Å². The summed E-state index contributed by atoms with van der Waals surface area (Å²) in [4.78, 5) is 38.2. The maximum absolute atomic E-state index is 12.8. The van der Waals surface area contributed by atoms with Gasteiger partial charge in [0.2, 0.25) is 0 Å². The lowest BCUT2D eigenvalue weighted by Crippen LogP contribution is -2.30. The summed E-state index contributed by atoms with van der Waals surface area (Å²) in [6.07, 6.45) is 59.6. The van der Waals surface area contributed by atoms with Gasteiger partial charge in [-0.2, -0.15) is 0 Å². The van der Waals surface area contributed by atoms with Crippen molar-refractivity contribution in [2.24, 2.45) is 11.8 Å². The normalized spacial score (nSPS) is 12.8. The van der Waals surface area contributed by atoms with E-state index >= 15 is 0 Å². The number of hydrogen-bond acceptors (Lipinski definition) is 6. The Balaban J connectivity index is 4.17. The Hall–Kier alpha value is -1.59. The molecule has 0 heterocycles. The Kier molecular flexibility index (Phi) is 53.5. The van der Waals surface area contributed by atoms with Crippen molar-refractivity contribution >= 4 is 17.9 Å². The van der Waals surface area contributed by atoms with Crippen LogP contribution < -0.4 is 0 Å². The van der Waals surface area contributed by atoms with Crippen LogP contribution in [0.5, 0.6) is 0 Å². The van der Waals surface area contributed by atoms with E-state index in [-0.39, 0.29) is 31.1 Å². The first-order valence-corrected chi connectivity index (χ1v) is 30.8. The molecule has 0 spiro atoms. The summed E-state index contributed by atoms with van der Waals surface area (Å²) in [5, 5.41) is 0. The molecule has 0 rings (SSSR count). The zero-order valence-electron chi connectivity index (χ0n) is 46.7. The van der Waals surface area contributed by atoms with E-state index in [0.717, 1.165) is 69.6 Å². The molecule has 0 saturated heterocycles. The number of esters is 3. The summed E-state index contributed by atoms with van der Waals surface area (Å²) in [6.45, 7) is 11.4. The molecule has 0 saturated carbocycles. The van der Waals surface area contributed by atoms with Crippen molar-refractivity contribution < 1.29 is 28.6 Å². The Bertz CT molecular complexity index is 1040. The lowest BCUT2D eigenvalue weighted by Gasteiger charge is -2.18. The van der Waals surface area contributed by atoms with Gasteiger partial charge in [0.15, 0.2) is 6.10 Å². The van der Waals surface area contributed by atoms with Gasteiger partial charge >= 0.3 is 17.9 Å². The first kappa shape index (κ1) is 66.4. The minimum absolute atomic E-state index is 0.0635. The number of carbonyl (C=O) groups is 3. The zero-order chi connectivity index (χ0) is 49.6. The molecular weight excluding hydrogens is 841 g/mol. The van der Waals surface area contributed by atoms with Gasteiger partial charge in [0.25, 0.3) is 0 Å². The van der Waals surface area contributed by atoms with Crippen LogP contribution in [0.25, 0.3) is 0 Å². The fourth-order valence-electron chi connectivity index (χ4n) is 9.52. The molecule has 68 heavy (non-hydrogen) atoms. The van der Waals surface area contributed by atoms with Crippen molar-refractivity contribution in [2.45, 2.75) is 355 Å². The van der Waals surface area contributed by atoms with Crippen LogP contribution in [0.1, 0.15) is 349 Å². The van der Waals surface area contributed by atoms with E-state index in [2.05, 4.69) is 34.6 Å². The highest BCUT2D eigenvalue weighted by molar-refractivity contribution is 5.71. The molecule has 6 nitrogen and oxygen atoms in total. The maximum atomic E-state index is 12.8. The molecule has 0 aromatic rings. The first-order chi connectivity index (χ1) is 33.3. The molecule has 0 radical (unpaired) electrons. The molecule has 0 fully saturated rings. The van der Waals surface area contributed by atoms with Crippen LogP contribution in [0.15, 0.2) is 0 Å². The third kappa shape index (κ3) is 52.2. The van der Waals surface area contributed by atoms with E-state index in [1.165, 1.54) is 238 Å². The molecule has 3 atom stereocenters. The predicted octanol–water partition coefficient (Wildman–Crippen LogP) is 20.4.